The van der Waals surface area contributed by atoms with Crippen molar-refractivity contribution in [3.63, 3.8) is 0 Å². The number of rotatable bonds is 5. The maximum atomic E-state index is 9.32. The molecule has 0 radical (unpaired) electrons. The molecule has 0 aromatic heterocycles. The van der Waals surface area contributed by atoms with E-state index in [1.807, 2.05) is 7.05 Å². The standard InChI is InChI=1S/C9H19NO2/c1-10-6-8(11)7-12-9-4-2-3-5-9/h8-11H,2-7H2,1H3. The highest BCUT2D eigenvalue weighted by Crippen LogP contribution is 2.20. The van der Waals surface area contributed by atoms with Gasteiger partial charge in [-0.3, -0.25) is 0 Å². The van der Waals surface area contributed by atoms with Crippen molar-refractivity contribution in [3.05, 3.63) is 0 Å². The highest BCUT2D eigenvalue weighted by molar-refractivity contribution is 4.67. The van der Waals surface area contributed by atoms with E-state index in [1.165, 1.54) is 25.7 Å². The molecule has 3 heteroatoms. The van der Waals surface area contributed by atoms with Gasteiger partial charge in [0.25, 0.3) is 0 Å². The van der Waals surface area contributed by atoms with Gasteiger partial charge in [-0.15, -0.1) is 0 Å². The van der Waals surface area contributed by atoms with Crippen LogP contribution < -0.4 is 5.32 Å². The van der Waals surface area contributed by atoms with Crippen LogP contribution in [0.5, 0.6) is 0 Å². The Morgan fingerprint density at radius 3 is 2.75 bits per heavy atom. The first-order valence-corrected chi connectivity index (χ1v) is 4.77. The van der Waals surface area contributed by atoms with Gasteiger partial charge in [0, 0.05) is 6.54 Å². The first-order valence-electron chi connectivity index (χ1n) is 4.77. The summed E-state index contributed by atoms with van der Waals surface area (Å²) >= 11 is 0. The van der Waals surface area contributed by atoms with Gasteiger partial charge < -0.3 is 15.2 Å². The van der Waals surface area contributed by atoms with Gasteiger partial charge in [0.05, 0.1) is 18.8 Å². The molecule has 1 atom stereocenters. The quantitative estimate of drug-likeness (QED) is 0.637. The molecule has 1 aliphatic rings. The molecule has 2 N–H and O–H groups in total. The number of likely N-dealkylation sites (N-methyl/N-ethyl adjacent to an activating group) is 1. The third-order valence-electron chi connectivity index (χ3n) is 2.27. The summed E-state index contributed by atoms with van der Waals surface area (Å²) < 4.78 is 5.53. The smallest absolute Gasteiger partial charge is 0.0897 e. The summed E-state index contributed by atoms with van der Waals surface area (Å²) in [5, 5.41) is 12.2. The van der Waals surface area contributed by atoms with Crippen LogP contribution in [0.15, 0.2) is 0 Å². The molecule has 1 fully saturated rings. The molecular formula is C9H19NO2. The topological polar surface area (TPSA) is 41.5 Å². The van der Waals surface area contributed by atoms with Crippen LogP contribution in [-0.4, -0.2) is 37.5 Å². The fourth-order valence-corrected chi connectivity index (χ4v) is 1.60. The zero-order valence-corrected chi connectivity index (χ0v) is 7.75. The average molecular weight is 173 g/mol. The van der Waals surface area contributed by atoms with Gasteiger partial charge in [-0.25, -0.2) is 0 Å². The number of hydrogen-bond acceptors (Lipinski definition) is 3. The van der Waals surface area contributed by atoms with E-state index < -0.39 is 0 Å². The summed E-state index contributed by atoms with van der Waals surface area (Å²) in [6.07, 6.45) is 4.98. The van der Waals surface area contributed by atoms with Crippen LogP contribution in [0, 0.1) is 0 Å². The van der Waals surface area contributed by atoms with Crippen LogP contribution in [0.1, 0.15) is 25.7 Å². The van der Waals surface area contributed by atoms with Crippen molar-refractivity contribution in [2.75, 3.05) is 20.2 Å². The molecule has 1 unspecified atom stereocenters. The number of aliphatic hydroxyl groups excluding tert-OH is 1. The van der Waals surface area contributed by atoms with Crippen molar-refractivity contribution in [3.8, 4) is 0 Å². The second-order valence-electron chi connectivity index (χ2n) is 3.45. The lowest BCUT2D eigenvalue weighted by Crippen LogP contribution is -2.29. The lowest BCUT2D eigenvalue weighted by Gasteiger charge is -2.14. The highest BCUT2D eigenvalue weighted by Gasteiger charge is 2.16. The summed E-state index contributed by atoms with van der Waals surface area (Å²) in [7, 11) is 1.83. The first kappa shape index (κ1) is 9.96. The van der Waals surface area contributed by atoms with Crippen molar-refractivity contribution in [2.45, 2.75) is 37.9 Å². The van der Waals surface area contributed by atoms with Crippen molar-refractivity contribution >= 4 is 0 Å². The van der Waals surface area contributed by atoms with Crippen LogP contribution in [0.25, 0.3) is 0 Å². The van der Waals surface area contributed by atoms with E-state index in [4.69, 9.17) is 4.74 Å². The molecule has 3 nitrogen and oxygen atoms in total. The van der Waals surface area contributed by atoms with E-state index in [2.05, 4.69) is 5.32 Å². The van der Waals surface area contributed by atoms with Gasteiger partial charge in [-0.1, -0.05) is 12.8 Å². The first-order chi connectivity index (χ1) is 5.83. The minimum absolute atomic E-state index is 0.351. The largest absolute Gasteiger partial charge is 0.389 e. The van der Waals surface area contributed by atoms with Crippen molar-refractivity contribution in [2.24, 2.45) is 0 Å². The minimum atomic E-state index is -0.351. The van der Waals surface area contributed by atoms with E-state index in [9.17, 15) is 5.11 Å². The van der Waals surface area contributed by atoms with Crippen LogP contribution in [0.3, 0.4) is 0 Å². The molecule has 0 saturated heterocycles. The molecule has 1 aliphatic carbocycles. The van der Waals surface area contributed by atoms with Gasteiger partial charge in [-0.2, -0.15) is 0 Å². The van der Waals surface area contributed by atoms with Gasteiger partial charge in [0.15, 0.2) is 0 Å². The van der Waals surface area contributed by atoms with Gasteiger partial charge in [0.2, 0.25) is 0 Å². The number of aliphatic hydroxyl groups is 1. The van der Waals surface area contributed by atoms with Gasteiger partial charge in [0.1, 0.15) is 0 Å². The molecule has 0 aliphatic heterocycles. The fraction of sp³-hybridized carbons (Fsp3) is 1.00. The summed E-state index contributed by atoms with van der Waals surface area (Å²) in [5.74, 6) is 0. The molecule has 0 spiro atoms. The van der Waals surface area contributed by atoms with Crippen LogP contribution in [0.2, 0.25) is 0 Å². The second kappa shape index (κ2) is 5.51. The Labute approximate surface area is 74.1 Å². The summed E-state index contributed by atoms with van der Waals surface area (Å²) in [4.78, 5) is 0. The van der Waals surface area contributed by atoms with Crippen molar-refractivity contribution < 1.29 is 9.84 Å². The Morgan fingerprint density at radius 2 is 2.17 bits per heavy atom. The average Bonchev–Trinajstić information content (AvgIpc) is 2.53. The molecule has 0 heterocycles. The molecule has 72 valence electrons. The summed E-state index contributed by atoms with van der Waals surface area (Å²) in [5.41, 5.74) is 0. The molecule has 1 saturated carbocycles. The zero-order chi connectivity index (χ0) is 8.81. The van der Waals surface area contributed by atoms with Crippen LogP contribution >= 0.6 is 0 Å². The molecule has 12 heavy (non-hydrogen) atoms. The van der Waals surface area contributed by atoms with Crippen LogP contribution in [0.4, 0.5) is 0 Å². The van der Waals surface area contributed by atoms with Gasteiger partial charge in [-0.05, 0) is 19.9 Å². The monoisotopic (exact) mass is 173 g/mol. The number of hydrogen-bond donors (Lipinski definition) is 2. The molecule has 1 rings (SSSR count). The Balaban J connectivity index is 1.99. The number of nitrogens with one attached hydrogen (secondary N) is 1. The Kier molecular flexibility index (Phi) is 4.58. The normalized spacial score (nSPS) is 21.5. The third kappa shape index (κ3) is 3.52. The summed E-state index contributed by atoms with van der Waals surface area (Å²) in [6.45, 7) is 1.10. The maximum absolute atomic E-state index is 9.32. The maximum Gasteiger partial charge on any atom is 0.0897 e. The van der Waals surface area contributed by atoms with E-state index in [0.717, 1.165) is 0 Å². The van der Waals surface area contributed by atoms with Gasteiger partial charge >= 0.3 is 0 Å². The predicted molar refractivity (Wildman–Crippen MR) is 48.1 cm³/mol. The van der Waals surface area contributed by atoms with Crippen LogP contribution in [-0.2, 0) is 4.74 Å². The van der Waals surface area contributed by atoms with Crippen molar-refractivity contribution in [1.29, 1.82) is 0 Å². The second-order valence-corrected chi connectivity index (χ2v) is 3.45. The molecule has 0 amide bonds. The number of ether oxygens (including phenoxy) is 1. The molecular weight excluding hydrogens is 154 g/mol. The van der Waals surface area contributed by atoms with E-state index >= 15 is 0 Å². The van der Waals surface area contributed by atoms with E-state index in [1.54, 1.807) is 0 Å². The highest BCUT2D eigenvalue weighted by atomic mass is 16.5. The predicted octanol–water partition coefficient (Wildman–Crippen LogP) is 0.526. The molecule has 0 aromatic rings. The zero-order valence-electron chi connectivity index (χ0n) is 7.75. The lowest BCUT2D eigenvalue weighted by molar-refractivity contribution is -0.00480. The lowest BCUT2D eigenvalue weighted by atomic mass is 10.3. The SMILES string of the molecule is CNCC(O)COC1CCCC1. The Bertz CT molecular complexity index is 113. The minimum Gasteiger partial charge on any atom is -0.389 e. The Hall–Kier alpha value is -0.120. The molecule has 0 bridgehead atoms. The third-order valence-corrected chi connectivity index (χ3v) is 2.27. The fourth-order valence-electron chi connectivity index (χ4n) is 1.60. The Morgan fingerprint density at radius 1 is 1.50 bits per heavy atom. The van der Waals surface area contributed by atoms with E-state index in [-0.39, 0.29) is 6.10 Å². The van der Waals surface area contributed by atoms with Crippen molar-refractivity contribution in [1.82, 2.24) is 5.32 Å². The molecule has 0 aromatic carbocycles. The van der Waals surface area contributed by atoms with E-state index in [0.29, 0.717) is 19.3 Å². The summed E-state index contributed by atoms with van der Waals surface area (Å²) in [6, 6.07) is 0.